The molecule has 0 radical (unpaired) electrons. The summed E-state index contributed by atoms with van der Waals surface area (Å²) in [7, 11) is -1.85. The Morgan fingerprint density at radius 3 is 1.97 bits per heavy atom. The van der Waals surface area contributed by atoms with Crippen LogP contribution >= 0.6 is 7.52 Å². The highest BCUT2D eigenvalue weighted by Gasteiger charge is 2.31. The van der Waals surface area contributed by atoms with Crippen LogP contribution in [0.5, 0.6) is 5.75 Å². The quantitative estimate of drug-likeness (QED) is 0.468. The molecule has 7 heteroatoms. The minimum atomic E-state index is -3.64. The maximum Gasteiger partial charge on any atom is 0.371 e. The van der Waals surface area contributed by atoms with Gasteiger partial charge in [-0.1, -0.05) is 54.6 Å². The molecule has 0 fully saturated rings. The van der Waals surface area contributed by atoms with Crippen molar-refractivity contribution in [2.24, 2.45) is 7.05 Å². The molecule has 1 aromatic heterocycles. The van der Waals surface area contributed by atoms with E-state index in [9.17, 15) is 9.36 Å². The molecule has 0 amide bonds. The summed E-state index contributed by atoms with van der Waals surface area (Å²) < 4.78 is 23.2. The number of nitrogens with zero attached hydrogens (tertiary/aromatic N) is 2. The van der Waals surface area contributed by atoms with Gasteiger partial charge in [0.15, 0.2) is 0 Å². The molecule has 4 rings (SSSR count). The average Bonchev–Trinajstić information content (AvgIpc) is 2.98. The predicted molar refractivity (Wildman–Crippen MR) is 120 cm³/mol. The topological polar surface area (TPSA) is 65.3 Å². The van der Waals surface area contributed by atoms with Crippen LogP contribution in [0.2, 0.25) is 0 Å². The number of rotatable bonds is 6. The maximum atomic E-state index is 14.0. The minimum absolute atomic E-state index is 0.240. The van der Waals surface area contributed by atoms with Crippen LogP contribution < -0.4 is 20.5 Å². The molecule has 0 spiro atoms. The van der Waals surface area contributed by atoms with Gasteiger partial charge in [-0.05, 0) is 43.3 Å². The van der Waals surface area contributed by atoms with Gasteiger partial charge in [0.25, 0.3) is 5.56 Å². The zero-order chi connectivity index (χ0) is 21.1. The Morgan fingerprint density at radius 2 is 1.37 bits per heavy atom. The van der Waals surface area contributed by atoms with Crippen molar-refractivity contribution in [1.29, 1.82) is 0 Å². The first-order chi connectivity index (χ1) is 14.5. The van der Waals surface area contributed by atoms with Gasteiger partial charge in [0.05, 0.1) is 16.7 Å². The fourth-order valence-electron chi connectivity index (χ4n) is 3.24. The van der Waals surface area contributed by atoms with E-state index < -0.39 is 7.52 Å². The fraction of sp³-hybridized carbons (Fsp3) is 0.0870. The number of hydrogen-bond donors (Lipinski definition) is 1. The van der Waals surface area contributed by atoms with Gasteiger partial charge in [0, 0.05) is 7.05 Å². The van der Waals surface area contributed by atoms with Crippen LogP contribution in [0.1, 0.15) is 5.69 Å². The molecule has 4 aromatic rings. The van der Waals surface area contributed by atoms with E-state index in [1.165, 1.54) is 4.68 Å². The normalized spacial score (nSPS) is 12.9. The van der Waals surface area contributed by atoms with Crippen molar-refractivity contribution in [3.63, 3.8) is 0 Å². The highest BCUT2D eigenvalue weighted by Crippen LogP contribution is 2.46. The molecule has 1 heterocycles. The Morgan fingerprint density at radius 1 is 0.833 bits per heavy atom. The summed E-state index contributed by atoms with van der Waals surface area (Å²) in [6, 6.07) is 27.1. The Bertz CT molecular complexity index is 1250. The molecule has 0 bridgehead atoms. The van der Waals surface area contributed by atoms with E-state index in [1.54, 1.807) is 67.2 Å². The summed E-state index contributed by atoms with van der Waals surface area (Å²) in [5.74, 6) is 0.453. The van der Waals surface area contributed by atoms with Crippen LogP contribution in [0, 0.1) is 6.92 Å². The third-order valence-electron chi connectivity index (χ3n) is 4.89. The first-order valence-corrected chi connectivity index (χ1v) is 11.1. The molecule has 152 valence electrons. The second-order valence-corrected chi connectivity index (χ2v) is 8.87. The van der Waals surface area contributed by atoms with Crippen LogP contribution in [0.15, 0.2) is 95.8 Å². The third kappa shape index (κ3) is 3.70. The molecular formula is C23H22N3O3P. The molecule has 1 atom stereocenters. The maximum absolute atomic E-state index is 14.0. The lowest BCUT2D eigenvalue weighted by Gasteiger charge is -2.21. The molecule has 3 aromatic carbocycles. The Labute approximate surface area is 174 Å². The molecule has 0 unspecified atom stereocenters. The summed E-state index contributed by atoms with van der Waals surface area (Å²) in [4.78, 5) is 13.3. The van der Waals surface area contributed by atoms with Crippen LogP contribution in [0.25, 0.3) is 5.69 Å². The van der Waals surface area contributed by atoms with E-state index in [2.05, 4.69) is 5.09 Å². The Hall–Kier alpha value is -3.50. The minimum Gasteiger partial charge on any atom is -0.426 e. The van der Waals surface area contributed by atoms with Crippen LogP contribution in [0.4, 0.5) is 5.69 Å². The van der Waals surface area contributed by atoms with Gasteiger partial charge in [0.1, 0.15) is 11.4 Å². The van der Waals surface area contributed by atoms with E-state index in [-0.39, 0.29) is 11.2 Å². The van der Waals surface area contributed by atoms with Gasteiger partial charge >= 0.3 is 7.52 Å². The van der Waals surface area contributed by atoms with Crippen molar-refractivity contribution >= 4 is 18.5 Å². The second-order valence-electron chi connectivity index (χ2n) is 6.84. The summed E-state index contributed by atoms with van der Waals surface area (Å²) in [5, 5.41) is 3.44. The molecule has 0 aliphatic carbocycles. The van der Waals surface area contributed by atoms with Gasteiger partial charge in [0.2, 0.25) is 0 Å². The van der Waals surface area contributed by atoms with Gasteiger partial charge in [-0.3, -0.25) is 14.6 Å². The summed E-state index contributed by atoms with van der Waals surface area (Å²) in [6.07, 6.45) is 0. The predicted octanol–water partition coefficient (Wildman–Crippen LogP) is 4.49. The monoisotopic (exact) mass is 419 g/mol. The number of hydrogen-bond acceptors (Lipinski definition) is 3. The average molecular weight is 419 g/mol. The SMILES string of the molecule is Cc1c(N[P@@](=O)(Oc2ccccc2)c2ccccc2)c(=O)n(-c2ccccc2)n1C. The van der Waals surface area contributed by atoms with Crippen molar-refractivity contribution in [2.45, 2.75) is 6.92 Å². The Balaban J connectivity index is 1.81. The van der Waals surface area contributed by atoms with E-state index in [4.69, 9.17) is 4.52 Å². The highest BCUT2D eigenvalue weighted by atomic mass is 31.2. The number of para-hydroxylation sites is 2. The molecule has 1 N–H and O–H groups in total. The standard InChI is InChI=1S/C23H22N3O3P/c1-18-22(23(27)26(25(18)2)19-12-6-3-7-13-19)24-30(28,21-16-10-5-11-17-21)29-20-14-8-4-9-15-20/h3-17H,1-2H3,(H,24,28)/t30-/m0/s1. The van der Waals surface area contributed by atoms with Gasteiger partial charge in [-0.25, -0.2) is 9.25 Å². The van der Waals surface area contributed by atoms with E-state index in [0.717, 1.165) is 5.69 Å². The first kappa shape index (κ1) is 19.8. The number of anilines is 1. The van der Waals surface area contributed by atoms with Crippen LogP contribution in [0.3, 0.4) is 0 Å². The van der Waals surface area contributed by atoms with Crippen molar-refractivity contribution < 1.29 is 9.09 Å². The lowest BCUT2D eigenvalue weighted by Crippen LogP contribution is -2.23. The number of benzene rings is 3. The largest absolute Gasteiger partial charge is 0.426 e. The lowest BCUT2D eigenvalue weighted by atomic mass is 10.3. The second kappa shape index (κ2) is 8.09. The number of nitrogens with one attached hydrogen (secondary N) is 1. The third-order valence-corrected chi connectivity index (χ3v) is 6.85. The van der Waals surface area contributed by atoms with Crippen molar-refractivity contribution in [3.05, 3.63) is 107 Å². The van der Waals surface area contributed by atoms with Crippen LogP contribution in [-0.4, -0.2) is 9.36 Å². The van der Waals surface area contributed by atoms with Gasteiger partial charge in [-0.15, -0.1) is 0 Å². The molecule has 0 saturated carbocycles. The van der Waals surface area contributed by atoms with Gasteiger partial charge < -0.3 is 4.52 Å². The van der Waals surface area contributed by atoms with E-state index >= 15 is 0 Å². The zero-order valence-electron chi connectivity index (χ0n) is 16.7. The van der Waals surface area contributed by atoms with Gasteiger partial charge in [-0.2, -0.15) is 0 Å². The highest BCUT2D eigenvalue weighted by molar-refractivity contribution is 7.68. The molecular weight excluding hydrogens is 397 g/mol. The van der Waals surface area contributed by atoms with E-state index in [1.807, 2.05) is 42.5 Å². The summed E-state index contributed by atoms with van der Waals surface area (Å²) in [6.45, 7) is 1.81. The molecule has 6 nitrogen and oxygen atoms in total. The zero-order valence-corrected chi connectivity index (χ0v) is 17.6. The summed E-state index contributed by atoms with van der Waals surface area (Å²) in [5.41, 5.74) is 1.31. The molecule has 0 aliphatic rings. The van der Waals surface area contributed by atoms with Crippen molar-refractivity contribution in [1.82, 2.24) is 9.36 Å². The lowest BCUT2D eigenvalue weighted by molar-refractivity contribution is 0.498. The fourth-order valence-corrected chi connectivity index (χ4v) is 5.05. The molecule has 0 aliphatic heterocycles. The Kier molecular flexibility index (Phi) is 5.34. The number of aromatic nitrogens is 2. The van der Waals surface area contributed by atoms with Crippen molar-refractivity contribution in [3.8, 4) is 11.4 Å². The van der Waals surface area contributed by atoms with E-state index in [0.29, 0.717) is 16.7 Å². The van der Waals surface area contributed by atoms with Crippen molar-refractivity contribution in [2.75, 3.05) is 5.09 Å². The first-order valence-electron chi connectivity index (χ1n) is 9.52. The smallest absolute Gasteiger partial charge is 0.371 e. The molecule has 30 heavy (non-hydrogen) atoms. The molecule has 0 saturated heterocycles. The van der Waals surface area contributed by atoms with Crippen LogP contribution in [-0.2, 0) is 11.6 Å². The summed E-state index contributed by atoms with van der Waals surface area (Å²) >= 11 is 0.